The van der Waals surface area contributed by atoms with Crippen molar-refractivity contribution in [3.8, 4) is 34.1 Å². The van der Waals surface area contributed by atoms with Gasteiger partial charge < -0.3 is 116 Å². The number of ether oxygens (including phenoxy) is 17. The monoisotopic (exact) mass is 2040 g/mol. The highest BCUT2D eigenvalue weighted by Crippen LogP contribution is 2.63. The van der Waals surface area contributed by atoms with Crippen LogP contribution in [0.15, 0.2) is 128 Å². The smallest absolute Gasteiger partial charge is 0.414 e. The average Bonchev–Trinajstić information content (AvgIpc) is 1.57. The summed E-state index contributed by atoms with van der Waals surface area (Å²) < 4.78 is 106. The van der Waals surface area contributed by atoms with Crippen molar-refractivity contribution in [3.05, 3.63) is 167 Å². The number of alkyl carbamates (subject to hydrolysis) is 1. The third kappa shape index (κ3) is 28.6. The molecule has 0 bridgehead atoms. The highest BCUT2D eigenvalue weighted by atomic mass is 28.4. The summed E-state index contributed by atoms with van der Waals surface area (Å²) in [4.78, 5) is 183. The van der Waals surface area contributed by atoms with Crippen LogP contribution in [0.1, 0.15) is 168 Å². The quantitative estimate of drug-likeness (QED) is 0.00679. The number of likely N-dealkylation sites (tertiary alicyclic amines) is 1. The summed E-state index contributed by atoms with van der Waals surface area (Å²) in [6, 6.07) is 30.4. The first kappa shape index (κ1) is 110. The van der Waals surface area contributed by atoms with Gasteiger partial charge in [0, 0.05) is 93.8 Å². The third-order valence-electron chi connectivity index (χ3n) is 27.5. The summed E-state index contributed by atoms with van der Waals surface area (Å²) in [5.41, 5.74) is 6.52. The first-order chi connectivity index (χ1) is 69.8. The molecule has 6 N–H and O–H groups in total. The van der Waals surface area contributed by atoms with E-state index in [1.165, 1.54) is 62.5 Å². The molecule has 39 nitrogen and oxygen atoms in total. The second-order valence-electron chi connectivity index (χ2n) is 39.5. The average molecular weight is 2040 g/mol. The van der Waals surface area contributed by atoms with Crippen molar-refractivity contribution < 1.29 is 147 Å². The summed E-state index contributed by atoms with van der Waals surface area (Å²) >= 11 is 0. The van der Waals surface area contributed by atoms with Crippen LogP contribution in [-0.4, -0.2) is 260 Å². The lowest BCUT2D eigenvalue weighted by Gasteiger charge is -2.43. The Morgan fingerprint density at radius 2 is 1.20 bits per heavy atom. The van der Waals surface area contributed by atoms with Crippen LogP contribution in [-0.2, 0) is 124 Å². The number of esters is 4. The van der Waals surface area contributed by atoms with E-state index in [4.69, 9.17) is 85.0 Å². The van der Waals surface area contributed by atoms with Crippen molar-refractivity contribution in [3.63, 3.8) is 0 Å². The number of amides is 8. The lowest BCUT2D eigenvalue weighted by molar-refractivity contribution is -0.302. The second kappa shape index (κ2) is 49.9. The van der Waals surface area contributed by atoms with E-state index in [-0.39, 0.29) is 196 Å². The highest BCUT2D eigenvalue weighted by Gasteiger charge is 2.59. The Balaban J connectivity index is 0.712. The van der Waals surface area contributed by atoms with Crippen LogP contribution >= 0.6 is 0 Å². The van der Waals surface area contributed by atoms with Gasteiger partial charge >= 0.3 is 42.2 Å². The lowest BCUT2D eigenvalue weighted by atomic mass is 9.89. The molecule has 3 aliphatic heterocycles. The predicted molar refractivity (Wildman–Crippen MR) is 533 cm³/mol. The van der Waals surface area contributed by atoms with Gasteiger partial charge in [-0.05, 0) is 149 Å². The first-order valence-corrected chi connectivity index (χ1v) is 52.0. The van der Waals surface area contributed by atoms with Crippen LogP contribution in [0.4, 0.5) is 37.1 Å². The zero-order valence-electron chi connectivity index (χ0n) is 85.1. The Hall–Kier alpha value is -13.1. The standard InChI is InChI=1S/C106H134N8O31Si/c1-16-36-135-103(127)113-54-70-51-105(31-32-105)53-79(70)91(120)78-48-86(129-12)88(50-84(78)113)137-56-68-23-21-22-67(45-68)55-136-87-49-82(77(47-85(87)128-11)98(123)114-61-106(33-34-106)52-72(114)58-141-146(14,15)104(8,9)10)112-102(126)139-57-69-28-29-71(109-96(121)83(111-97(122)90(62(2)3)108-63(4)115)60-138-100-95(144-66(7)118)93(143-65(6)117)92(142-64(5)116)94(145-100)99(124)130-13)46-81(69)110-89(119)30-37-131-39-41-133-43-44-134-42-40-132-38-35-107-101(125)140-59-80-75-26-19-17-24-73(75)74-25-18-20-27-76(74)80/h16-29,45-50,62,70,72,79-80,83,90,92-95,100H,1,30-44,51-61H2,2-15H3,(H,107,125)(H,108,115)(H,109,121)(H,110,119)(H,111,122)(H,112,126)/t70-,72-,79?,83-,90-,92-,93-,94-,95+,100+/m0/s1. The molecule has 2 saturated heterocycles. The van der Waals surface area contributed by atoms with E-state index >= 15 is 9.59 Å². The minimum Gasteiger partial charge on any atom is -0.493 e. The van der Waals surface area contributed by atoms with Gasteiger partial charge in [-0.2, -0.15) is 0 Å². The summed E-state index contributed by atoms with van der Waals surface area (Å²) in [7, 11) is 1.52. The van der Waals surface area contributed by atoms with Gasteiger partial charge in [0.25, 0.3) is 5.91 Å². The maximum atomic E-state index is 15.7. The van der Waals surface area contributed by atoms with E-state index in [1.54, 1.807) is 30.9 Å². The van der Waals surface area contributed by atoms with Gasteiger partial charge in [0.15, 0.2) is 67.8 Å². The largest absolute Gasteiger partial charge is 0.493 e. The number of anilines is 4. The van der Waals surface area contributed by atoms with Crippen LogP contribution in [0.25, 0.3) is 11.1 Å². The third-order valence-corrected chi connectivity index (χ3v) is 32.0. The fraction of sp³-hybridized carbons (Fsp3) is 0.519. The summed E-state index contributed by atoms with van der Waals surface area (Å²) in [5, 5.41) is 16.1. The molecule has 146 heavy (non-hydrogen) atoms. The van der Waals surface area contributed by atoms with Crippen molar-refractivity contribution in [2.45, 2.75) is 206 Å². The Kier molecular flexibility index (Phi) is 37.6. The summed E-state index contributed by atoms with van der Waals surface area (Å²) in [6.45, 7) is 22.7. The van der Waals surface area contributed by atoms with Crippen LogP contribution in [0, 0.1) is 28.6 Å². The number of hydrogen-bond donors (Lipinski definition) is 6. The number of carbonyl (C=O) groups excluding carboxylic acids is 13. The van der Waals surface area contributed by atoms with Crippen molar-refractivity contribution in [1.29, 1.82) is 0 Å². The van der Waals surface area contributed by atoms with Gasteiger partial charge in [-0.1, -0.05) is 120 Å². The molecule has 3 saturated carbocycles. The summed E-state index contributed by atoms with van der Waals surface area (Å²) in [6.07, 6.45) is -4.18. The van der Waals surface area contributed by atoms with E-state index < -0.39 is 142 Å². The number of nitrogens with one attached hydrogen (secondary N) is 6. The number of benzene rings is 6. The van der Waals surface area contributed by atoms with Gasteiger partial charge in [0.2, 0.25) is 23.6 Å². The predicted octanol–water partition coefficient (Wildman–Crippen LogP) is 13.0. The number of nitrogens with zero attached hydrogens (tertiary/aromatic N) is 2. The van der Waals surface area contributed by atoms with Gasteiger partial charge in [0.05, 0.1) is 117 Å². The van der Waals surface area contributed by atoms with E-state index in [9.17, 15) is 52.7 Å². The van der Waals surface area contributed by atoms with E-state index in [1.807, 2.05) is 48.5 Å². The molecule has 0 aromatic heterocycles. The van der Waals surface area contributed by atoms with Gasteiger partial charge in [-0.25, -0.2) is 19.2 Å². The molecule has 5 fully saturated rings. The van der Waals surface area contributed by atoms with Gasteiger partial charge in [-0.15, -0.1) is 0 Å². The van der Waals surface area contributed by atoms with Crippen molar-refractivity contribution in [1.82, 2.24) is 20.9 Å². The van der Waals surface area contributed by atoms with Crippen LogP contribution in [0.3, 0.4) is 0 Å². The normalized spacial score (nSPS) is 19.5. The molecular weight excluding hydrogens is 1910 g/mol. The number of Topliss-reactive ketones (excluding diaryl/α,β-unsaturated/α-hetero) is 1. The maximum absolute atomic E-state index is 15.7. The zero-order valence-corrected chi connectivity index (χ0v) is 86.1. The Bertz CT molecular complexity index is 5690. The maximum Gasteiger partial charge on any atom is 0.414 e. The molecular formula is C106H134N8O31Si. The van der Waals surface area contributed by atoms with Gasteiger partial charge in [0.1, 0.15) is 45.1 Å². The molecule has 0 radical (unpaired) electrons. The minimum absolute atomic E-state index is 0.00572. The number of ketones is 1. The Morgan fingerprint density at radius 3 is 1.80 bits per heavy atom. The number of fused-ring (bicyclic) bond motifs is 5. The number of hydrogen-bond acceptors (Lipinski definition) is 31. The molecule has 6 aromatic carbocycles. The molecule has 788 valence electrons. The van der Waals surface area contributed by atoms with Crippen LogP contribution < -0.4 is 55.7 Å². The highest BCUT2D eigenvalue weighted by molar-refractivity contribution is 6.74. The fourth-order valence-corrected chi connectivity index (χ4v) is 19.7. The molecule has 1 unspecified atom stereocenters. The number of carbonyl (C=O) groups is 13. The lowest BCUT2D eigenvalue weighted by Crippen LogP contribution is -2.64. The molecule has 2 spiro atoms. The molecule has 6 aromatic rings. The molecule has 13 rings (SSSR count). The second-order valence-corrected chi connectivity index (χ2v) is 44.3. The van der Waals surface area contributed by atoms with Crippen molar-refractivity contribution >= 4 is 109 Å². The molecule has 4 aliphatic carbocycles. The number of rotatable bonds is 48. The molecule has 7 aliphatic rings. The van der Waals surface area contributed by atoms with Crippen molar-refractivity contribution in [2.75, 3.05) is 141 Å². The van der Waals surface area contributed by atoms with E-state index in [0.717, 1.165) is 88.7 Å². The molecule has 10 atom stereocenters. The van der Waals surface area contributed by atoms with E-state index in [2.05, 4.69) is 96.6 Å². The SMILES string of the molecule is C=CCOC(=O)N1C[C@@H]2CC3(CC3)CC2C(=O)c2cc(OC)c(OCc3cccc(COc4cc(NC(=O)OCc5ccc(NC(=O)[C@H](CO[C@@H]6O[C@H](C(=O)OC)[C@@H](OC(C)=O)[C@H](OC(C)=O)[C@H]6OC(C)=O)NC(=O)[C@@H](NC(C)=O)C(C)C)cc5NC(=O)CCOCCOCCOCCOCCNC(=O)OCC5c6ccccc6-c6ccccc65)c(C(=O)N5CC6(CC6)C[C@H]5CO[Si](C)(C)C(C)(C)C)cc4OC)c3)cc21. The molecule has 8 amide bonds. The van der Waals surface area contributed by atoms with Crippen LogP contribution in [0.2, 0.25) is 18.1 Å². The molecule has 40 heteroatoms. The zero-order chi connectivity index (χ0) is 105. The molecule has 3 heterocycles. The topological polar surface area (TPSA) is 467 Å². The van der Waals surface area contributed by atoms with Gasteiger partial charge in [-0.3, -0.25) is 53.4 Å². The Morgan fingerprint density at radius 1 is 0.589 bits per heavy atom. The summed E-state index contributed by atoms with van der Waals surface area (Å²) in [5.74, 6) is -8.00. The number of methoxy groups -OCH3 is 3. The minimum atomic E-state index is -2.36. The Labute approximate surface area is 849 Å². The fourth-order valence-electron chi connectivity index (χ4n) is 18.7. The van der Waals surface area contributed by atoms with Crippen molar-refractivity contribution in [2.24, 2.45) is 28.6 Å². The first-order valence-electron chi connectivity index (χ1n) is 49.1. The van der Waals surface area contributed by atoms with Crippen LogP contribution in [0.5, 0.6) is 23.0 Å². The van der Waals surface area contributed by atoms with E-state index in [0.29, 0.717) is 41.1 Å².